The van der Waals surface area contributed by atoms with Crippen molar-refractivity contribution >= 4 is 93.1 Å². The average Bonchev–Trinajstić information content (AvgIpc) is 3.76. The van der Waals surface area contributed by atoms with E-state index < -0.39 is 0 Å². The Kier molecular flexibility index (Phi) is 5.96. The van der Waals surface area contributed by atoms with Crippen molar-refractivity contribution in [1.29, 1.82) is 0 Å². The molecule has 0 unspecified atom stereocenters. The molecule has 0 spiro atoms. The maximum atomic E-state index is 6.60. The molecule has 0 saturated carbocycles. The fraction of sp³-hybridized carbons (Fsp3) is 0. The smallest absolute Gasteiger partial charge is 0.143 e. The van der Waals surface area contributed by atoms with Gasteiger partial charge in [0.15, 0.2) is 0 Å². The van der Waals surface area contributed by atoms with E-state index in [0.29, 0.717) is 0 Å². The van der Waals surface area contributed by atoms with E-state index >= 15 is 0 Å². The number of fused-ring (bicyclic) bond motifs is 13. The van der Waals surface area contributed by atoms with Crippen LogP contribution in [-0.2, 0) is 0 Å². The fourth-order valence-corrected chi connectivity index (χ4v) is 8.40. The normalized spacial score (nSPS) is 11.9. The monoisotopic (exact) mass is 650 g/mol. The molecule has 2 heterocycles. The van der Waals surface area contributed by atoms with Gasteiger partial charge < -0.3 is 13.9 Å². The zero-order valence-electron chi connectivity index (χ0n) is 27.6. The standard InChI is InChI=1S/C48H30N2O/c1-3-14-32(15-4-1)49(42-23-13-24-43-47(42)38-20-9-11-22-41(38)50(43)33-16-5-2-6-17-33)34-27-29-35-31(30-34)26-28-40-45(35)36-18-7-8-19-37(36)46-39-21-10-12-25-44(39)51-48(40)46/h1-30H. The van der Waals surface area contributed by atoms with Crippen LogP contribution in [0, 0.1) is 0 Å². The summed E-state index contributed by atoms with van der Waals surface area (Å²) in [5, 5.41) is 12.0. The van der Waals surface area contributed by atoms with Crippen LogP contribution in [0.15, 0.2) is 186 Å². The SMILES string of the molecule is c1ccc(N(c2ccc3c(ccc4c5oc6ccccc6c5c5ccccc5c34)c2)c2cccc3c2c2ccccc2n3-c2ccccc2)cc1. The van der Waals surface area contributed by atoms with Crippen LogP contribution >= 0.6 is 0 Å². The minimum absolute atomic E-state index is 0.918. The van der Waals surface area contributed by atoms with Gasteiger partial charge in [0.05, 0.1) is 16.7 Å². The Hall–Kier alpha value is -6.84. The Labute approximate surface area is 293 Å². The van der Waals surface area contributed by atoms with E-state index in [9.17, 15) is 0 Å². The summed E-state index contributed by atoms with van der Waals surface area (Å²) in [5.41, 5.74) is 8.73. The van der Waals surface area contributed by atoms with E-state index in [2.05, 4.69) is 185 Å². The first-order chi connectivity index (χ1) is 25.3. The van der Waals surface area contributed by atoms with E-state index in [0.717, 1.165) is 44.7 Å². The number of rotatable bonds is 4. The van der Waals surface area contributed by atoms with Gasteiger partial charge in [-0.25, -0.2) is 0 Å². The molecule has 9 aromatic carbocycles. The van der Waals surface area contributed by atoms with Crippen molar-refractivity contribution in [2.24, 2.45) is 0 Å². The first-order valence-corrected chi connectivity index (χ1v) is 17.4. The summed E-state index contributed by atoms with van der Waals surface area (Å²) in [6.45, 7) is 0. The predicted molar refractivity (Wildman–Crippen MR) is 215 cm³/mol. The molecule has 0 amide bonds. The first kappa shape index (κ1) is 28.0. The number of para-hydroxylation sites is 4. The van der Waals surface area contributed by atoms with Crippen molar-refractivity contribution in [3.63, 3.8) is 0 Å². The molecule has 11 aromatic rings. The Morgan fingerprint density at radius 1 is 0.392 bits per heavy atom. The molecule has 0 N–H and O–H groups in total. The lowest BCUT2D eigenvalue weighted by molar-refractivity contribution is 0.673. The van der Waals surface area contributed by atoms with Crippen molar-refractivity contribution < 1.29 is 4.42 Å². The number of furan rings is 1. The Morgan fingerprint density at radius 3 is 1.86 bits per heavy atom. The largest absolute Gasteiger partial charge is 0.455 e. The number of hydrogen-bond donors (Lipinski definition) is 0. The van der Waals surface area contributed by atoms with Gasteiger partial charge in [-0.15, -0.1) is 0 Å². The molecule has 0 aliphatic rings. The number of hydrogen-bond acceptors (Lipinski definition) is 2. The zero-order chi connectivity index (χ0) is 33.5. The highest BCUT2D eigenvalue weighted by Gasteiger charge is 2.22. The molecule has 0 bridgehead atoms. The Balaban J connectivity index is 1.20. The number of benzene rings is 9. The summed E-state index contributed by atoms with van der Waals surface area (Å²) in [4.78, 5) is 2.41. The maximum absolute atomic E-state index is 6.60. The molecule has 0 aliphatic carbocycles. The molecular weight excluding hydrogens is 621 g/mol. The summed E-state index contributed by atoms with van der Waals surface area (Å²) in [7, 11) is 0. The predicted octanol–water partition coefficient (Wildman–Crippen LogP) is 13.6. The molecule has 11 rings (SSSR count). The van der Waals surface area contributed by atoms with Gasteiger partial charge in [-0.05, 0) is 88.3 Å². The molecule has 0 atom stereocenters. The lowest BCUT2D eigenvalue weighted by Gasteiger charge is -2.27. The zero-order valence-corrected chi connectivity index (χ0v) is 27.6. The number of anilines is 3. The van der Waals surface area contributed by atoms with Gasteiger partial charge in [-0.2, -0.15) is 0 Å². The van der Waals surface area contributed by atoms with Gasteiger partial charge in [0.2, 0.25) is 0 Å². The topological polar surface area (TPSA) is 21.3 Å². The summed E-state index contributed by atoms with van der Waals surface area (Å²) in [6, 6.07) is 65.4. The van der Waals surface area contributed by atoms with Crippen LogP contribution in [0.2, 0.25) is 0 Å². The van der Waals surface area contributed by atoms with Crippen molar-refractivity contribution in [3.05, 3.63) is 182 Å². The molecule has 0 aliphatic heterocycles. The summed E-state index contributed by atoms with van der Waals surface area (Å²) >= 11 is 0. The highest BCUT2D eigenvalue weighted by Crippen LogP contribution is 2.46. The maximum Gasteiger partial charge on any atom is 0.143 e. The van der Waals surface area contributed by atoms with Crippen molar-refractivity contribution in [3.8, 4) is 5.69 Å². The van der Waals surface area contributed by atoms with Gasteiger partial charge in [0, 0.05) is 49.4 Å². The van der Waals surface area contributed by atoms with Crippen LogP contribution in [0.4, 0.5) is 17.1 Å². The second-order valence-corrected chi connectivity index (χ2v) is 13.3. The highest BCUT2D eigenvalue weighted by atomic mass is 16.3. The van der Waals surface area contributed by atoms with Crippen LogP contribution in [0.1, 0.15) is 0 Å². The molecular formula is C48H30N2O. The van der Waals surface area contributed by atoms with E-state index in [4.69, 9.17) is 4.42 Å². The summed E-state index contributed by atoms with van der Waals surface area (Å²) in [5.74, 6) is 0. The molecule has 3 heteroatoms. The van der Waals surface area contributed by atoms with Crippen LogP contribution in [-0.4, -0.2) is 4.57 Å². The third-order valence-electron chi connectivity index (χ3n) is 10.5. The van der Waals surface area contributed by atoms with E-state index in [1.807, 2.05) is 6.07 Å². The number of nitrogens with zero attached hydrogens (tertiary/aromatic N) is 2. The van der Waals surface area contributed by atoms with Crippen LogP contribution in [0.5, 0.6) is 0 Å². The third kappa shape index (κ3) is 4.06. The molecule has 238 valence electrons. The van der Waals surface area contributed by atoms with Gasteiger partial charge in [0.25, 0.3) is 0 Å². The quantitative estimate of drug-likeness (QED) is 0.177. The van der Waals surface area contributed by atoms with Crippen LogP contribution in [0.25, 0.3) is 81.7 Å². The molecule has 0 saturated heterocycles. The van der Waals surface area contributed by atoms with Crippen LogP contribution < -0.4 is 4.90 Å². The minimum atomic E-state index is 0.918. The van der Waals surface area contributed by atoms with E-state index in [1.165, 1.54) is 54.1 Å². The molecule has 0 fully saturated rings. The second-order valence-electron chi connectivity index (χ2n) is 13.3. The molecule has 3 nitrogen and oxygen atoms in total. The first-order valence-electron chi connectivity index (χ1n) is 17.4. The van der Waals surface area contributed by atoms with Crippen LogP contribution in [0.3, 0.4) is 0 Å². The summed E-state index contributed by atoms with van der Waals surface area (Å²) in [6.07, 6.45) is 0. The van der Waals surface area contributed by atoms with E-state index in [1.54, 1.807) is 0 Å². The lowest BCUT2D eigenvalue weighted by atomic mass is 9.93. The minimum Gasteiger partial charge on any atom is -0.455 e. The van der Waals surface area contributed by atoms with Gasteiger partial charge in [-0.3, -0.25) is 0 Å². The molecule has 51 heavy (non-hydrogen) atoms. The van der Waals surface area contributed by atoms with E-state index in [-0.39, 0.29) is 0 Å². The third-order valence-corrected chi connectivity index (χ3v) is 10.5. The molecule has 0 radical (unpaired) electrons. The van der Waals surface area contributed by atoms with Crippen molar-refractivity contribution in [1.82, 2.24) is 4.57 Å². The second kappa shape index (κ2) is 10.8. The van der Waals surface area contributed by atoms with Gasteiger partial charge in [-0.1, -0.05) is 115 Å². The van der Waals surface area contributed by atoms with Gasteiger partial charge >= 0.3 is 0 Å². The molecule has 2 aromatic heterocycles. The lowest BCUT2D eigenvalue weighted by Crippen LogP contribution is -2.10. The fourth-order valence-electron chi connectivity index (χ4n) is 8.40. The highest BCUT2D eigenvalue weighted by molar-refractivity contribution is 6.34. The Morgan fingerprint density at radius 2 is 1.04 bits per heavy atom. The van der Waals surface area contributed by atoms with Gasteiger partial charge in [0.1, 0.15) is 11.2 Å². The summed E-state index contributed by atoms with van der Waals surface area (Å²) < 4.78 is 8.98. The van der Waals surface area contributed by atoms with Crippen molar-refractivity contribution in [2.45, 2.75) is 0 Å². The number of aromatic nitrogens is 1. The Bertz CT molecular complexity index is 3140. The van der Waals surface area contributed by atoms with Crippen molar-refractivity contribution in [2.75, 3.05) is 4.90 Å². The average molecular weight is 651 g/mol.